The molecule has 170 valence electrons. The Kier molecular flexibility index (Phi) is 7.17. The molecule has 1 amide bonds. The lowest BCUT2D eigenvalue weighted by Gasteiger charge is -2.28. The summed E-state index contributed by atoms with van der Waals surface area (Å²) in [5, 5.41) is 0. The van der Waals surface area contributed by atoms with Crippen molar-refractivity contribution in [3.63, 3.8) is 0 Å². The molecule has 2 aliphatic rings. The van der Waals surface area contributed by atoms with E-state index in [-0.39, 0.29) is 16.4 Å². The summed E-state index contributed by atoms with van der Waals surface area (Å²) < 4.78 is 32.8. The fourth-order valence-corrected chi connectivity index (χ4v) is 6.49. The summed E-state index contributed by atoms with van der Waals surface area (Å²) in [6.07, 6.45) is 3.71. The molecule has 2 aromatic rings. The molecule has 2 heterocycles. The van der Waals surface area contributed by atoms with Gasteiger partial charge in [-0.15, -0.1) is 11.8 Å². The number of anilines is 1. The number of fused-ring (bicyclic) bond motifs is 1. The molecule has 7 nitrogen and oxygen atoms in total. The molecule has 2 aliphatic heterocycles. The van der Waals surface area contributed by atoms with Gasteiger partial charge in [-0.25, -0.2) is 13.2 Å². The first-order chi connectivity index (χ1) is 15.5. The Balaban J connectivity index is 1.43. The predicted octanol–water partition coefficient (Wildman–Crippen LogP) is 3.55. The van der Waals surface area contributed by atoms with Crippen molar-refractivity contribution in [3.05, 3.63) is 54.1 Å². The van der Waals surface area contributed by atoms with Crippen LogP contribution in [0.5, 0.6) is 0 Å². The molecule has 2 aromatic carbocycles. The fraction of sp³-hybridized carbons (Fsp3) is 0.391. The summed E-state index contributed by atoms with van der Waals surface area (Å²) in [4.78, 5) is 28.0. The maximum atomic E-state index is 13.0. The van der Waals surface area contributed by atoms with E-state index < -0.39 is 22.6 Å². The number of esters is 1. The van der Waals surface area contributed by atoms with Crippen LogP contribution in [0.25, 0.3) is 0 Å². The quantitative estimate of drug-likeness (QED) is 0.617. The van der Waals surface area contributed by atoms with Crippen LogP contribution < -0.4 is 4.90 Å². The fourth-order valence-electron chi connectivity index (χ4n) is 3.93. The van der Waals surface area contributed by atoms with Crippen LogP contribution in [-0.2, 0) is 19.6 Å². The average molecular weight is 475 g/mol. The smallest absolute Gasteiger partial charge is 0.338 e. The number of carbonyl (C=O) groups is 2. The van der Waals surface area contributed by atoms with Gasteiger partial charge in [0, 0.05) is 30.3 Å². The number of sulfonamides is 1. The van der Waals surface area contributed by atoms with Crippen molar-refractivity contribution in [3.8, 4) is 0 Å². The summed E-state index contributed by atoms with van der Waals surface area (Å²) in [6.45, 7) is 1.12. The third-order valence-corrected chi connectivity index (χ3v) is 8.57. The molecule has 0 saturated carbocycles. The number of hydrogen-bond acceptors (Lipinski definition) is 6. The van der Waals surface area contributed by atoms with Crippen LogP contribution in [0.2, 0.25) is 0 Å². The second-order valence-electron chi connectivity index (χ2n) is 7.78. The van der Waals surface area contributed by atoms with Crippen molar-refractivity contribution in [2.75, 3.05) is 36.9 Å². The normalized spacial score (nSPS) is 17.3. The van der Waals surface area contributed by atoms with Gasteiger partial charge < -0.3 is 9.64 Å². The summed E-state index contributed by atoms with van der Waals surface area (Å²) in [5.41, 5.74) is 0.929. The average Bonchev–Trinajstić information content (AvgIpc) is 3.12. The molecular weight excluding hydrogens is 448 g/mol. The Morgan fingerprint density at radius 1 is 0.938 bits per heavy atom. The largest absolute Gasteiger partial charge is 0.452 e. The lowest BCUT2D eigenvalue weighted by Crippen LogP contribution is -2.38. The summed E-state index contributed by atoms with van der Waals surface area (Å²) >= 11 is 1.69. The number of para-hydroxylation sites is 1. The molecule has 0 spiro atoms. The Labute approximate surface area is 192 Å². The Hall–Kier alpha value is -2.36. The van der Waals surface area contributed by atoms with Gasteiger partial charge in [0.1, 0.15) is 0 Å². The summed E-state index contributed by atoms with van der Waals surface area (Å²) in [7, 11) is -3.68. The lowest BCUT2D eigenvalue weighted by molar-refractivity contribution is -0.121. The molecule has 0 aromatic heterocycles. The van der Waals surface area contributed by atoms with Gasteiger partial charge in [-0.05, 0) is 43.2 Å². The highest BCUT2D eigenvalue weighted by atomic mass is 32.2. The standard InChI is InChI=1S/C23H26N2O5S2/c26-22(25-14-15-31-21-11-4-3-10-20(21)25)17-30-23(27)18-8-7-9-19(16-18)32(28,29)24-12-5-1-2-6-13-24/h3-4,7-11,16H,1-2,5-6,12-15,17H2. The van der Waals surface area contributed by atoms with E-state index >= 15 is 0 Å². The van der Waals surface area contributed by atoms with Crippen LogP contribution in [0, 0.1) is 0 Å². The number of ether oxygens (including phenoxy) is 1. The van der Waals surface area contributed by atoms with Crippen LogP contribution in [0.4, 0.5) is 5.69 Å². The molecule has 1 fully saturated rings. The van der Waals surface area contributed by atoms with Gasteiger partial charge in [0.15, 0.2) is 6.61 Å². The molecule has 9 heteroatoms. The van der Waals surface area contributed by atoms with Gasteiger partial charge in [-0.2, -0.15) is 4.31 Å². The SMILES string of the molecule is O=C(OCC(=O)N1CCSc2ccccc21)c1cccc(S(=O)(=O)N2CCCCCC2)c1. The summed E-state index contributed by atoms with van der Waals surface area (Å²) in [5.74, 6) is -0.252. The number of carbonyl (C=O) groups excluding carboxylic acids is 2. The molecule has 1 saturated heterocycles. The van der Waals surface area contributed by atoms with Gasteiger partial charge in [-0.1, -0.05) is 31.0 Å². The molecule has 0 N–H and O–H groups in total. The minimum atomic E-state index is -3.68. The van der Waals surface area contributed by atoms with Crippen molar-refractivity contribution in [2.24, 2.45) is 0 Å². The van der Waals surface area contributed by atoms with Crippen LogP contribution in [0.1, 0.15) is 36.0 Å². The molecule has 0 aliphatic carbocycles. The molecular formula is C23H26N2O5S2. The first kappa shape index (κ1) is 22.8. The maximum Gasteiger partial charge on any atom is 0.338 e. The third kappa shape index (κ3) is 5.00. The molecule has 0 radical (unpaired) electrons. The van der Waals surface area contributed by atoms with Gasteiger partial charge in [0.2, 0.25) is 10.0 Å². The van der Waals surface area contributed by atoms with Gasteiger partial charge >= 0.3 is 5.97 Å². The monoisotopic (exact) mass is 474 g/mol. The zero-order valence-electron chi connectivity index (χ0n) is 17.7. The van der Waals surface area contributed by atoms with E-state index in [9.17, 15) is 18.0 Å². The highest BCUT2D eigenvalue weighted by Gasteiger charge is 2.27. The van der Waals surface area contributed by atoms with Crippen LogP contribution in [0.15, 0.2) is 58.3 Å². The van der Waals surface area contributed by atoms with E-state index in [2.05, 4.69) is 0 Å². The molecule has 32 heavy (non-hydrogen) atoms. The van der Waals surface area contributed by atoms with E-state index in [0.29, 0.717) is 19.6 Å². The van der Waals surface area contributed by atoms with Crippen molar-refractivity contribution >= 4 is 39.3 Å². The maximum absolute atomic E-state index is 13.0. The topological polar surface area (TPSA) is 84.0 Å². The molecule has 0 bridgehead atoms. The molecule has 0 unspecified atom stereocenters. The van der Waals surface area contributed by atoms with Gasteiger partial charge in [-0.3, -0.25) is 4.79 Å². The first-order valence-electron chi connectivity index (χ1n) is 10.8. The second kappa shape index (κ2) is 10.1. The number of nitrogens with zero attached hydrogens (tertiary/aromatic N) is 2. The third-order valence-electron chi connectivity index (χ3n) is 5.63. The van der Waals surface area contributed by atoms with Gasteiger partial charge in [0.05, 0.1) is 16.1 Å². The van der Waals surface area contributed by atoms with Crippen molar-refractivity contribution in [1.82, 2.24) is 4.31 Å². The Bertz CT molecular complexity index is 1100. The lowest BCUT2D eigenvalue weighted by atomic mass is 10.2. The van der Waals surface area contributed by atoms with Crippen molar-refractivity contribution in [1.29, 1.82) is 0 Å². The van der Waals surface area contributed by atoms with Crippen molar-refractivity contribution in [2.45, 2.75) is 35.5 Å². The van der Waals surface area contributed by atoms with E-state index in [4.69, 9.17) is 4.74 Å². The van der Waals surface area contributed by atoms with E-state index in [1.165, 1.54) is 28.6 Å². The van der Waals surface area contributed by atoms with Crippen LogP contribution in [0.3, 0.4) is 0 Å². The van der Waals surface area contributed by atoms with E-state index in [0.717, 1.165) is 42.0 Å². The minimum absolute atomic E-state index is 0.0714. The minimum Gasteiger partial charge on any atom is -0.452 e. The highest BCUT2D eigenvalue weighted by molar-refractivity contribution is 7.99. The Morgan fingerprint density at radius 3 is 2.47 bits per heavy atom. The summed E-state index contributed by atoms with van der Waals surface area (Å²) in [6, 6.07) is 13.5. The van der Waals surface area contributed by atoms with Gasteiger partial charge in [0.25, 0.3) is 5.91 Å². The number of hydrogen-bond donors (Lipinski definition) is 0. The van der Waals surface area contributed by atoms with E-state index in [1.54, 1.807) is 16.7 Å². The highest BCUT2D eigenvalue weighted by Crippen LogP contribution is 2.34. The number of benzene rings is 2. The predicted molar refractivity (Wildman–Crippen MR) is 123 cm³/mol. The number of amides is 1. The number of thioether (sulfide) groups is 1. The van der Waals surface area contributed by atoms with E-state index in [1.807, 2.05) is 24.3 Å². The zero-order chi connectivity index (χ0) is 22.6. The van der Waals surface area contributed by atoms with Crippen LogP contribution in [-0.4, -0.2) is 56.6 Å². The number of rotatable bonds is 5. The second-order valence-corrected chi connectivity index (χ2v) is 10.9. The zero-order valence-corrected chi connectivity index (χ0v) is 19.4. The van der Waals surface area contributed by atoms with Crippen LogP contribution >= 0.6 is 11.8 Å². The molecule has 0 atom stereocenters. The van der Waals surface area contributed by atoms with Crippen molar-refractivity contribution < 1.29 is 22.7 Å². The first-order valence-corrected chi connectivity index (χ1v) is 13.2. The Morgan fingerprint density at radius 2 is 1.69 bits per heavy atom. The molecule has 4 rings (SSSR count).